The third-order valence-electron chi connectivity index (χ3n) is 4.39. The fourth-order valence-corrected chi connectivity index (χ4v) is 3.10. The van der Waals surface area contributed by atoms with Crippen molar-refractivity contribution in [2.24, 2.45) is 5.92 Å². The zero-order chi connectivity index (χ0) is 16.9. The third-order valence-corrected chi connectivity index (χ3v) is 4.39. The second-order valence-electron chi connectivity index (χ2n) is 6.32. The van der Waals surface area contributed by atoms with Crippen molar-refractivity contribution in [3.63, 3.8) is 0 Å². The van der Waals surface area contributed by atoms with Gasteiger partial charge in [-0.05, 0) is 44.0 Å². The number of carbonyl (C=O) groups excluding carboxylic acids is 2. The number of hydrogen-bond donors (Lipinski definition) is 1. The first-order valence-corrected chi connectivity index (χ1v) is 8.35. The summed E-state index contributed by atoms with van der Waals surface area (Å²) in [7, 11) is 0. The Labute approximate surface area is 142 Å². The lowest BCUT2D eigenvalue weighted by molar-refractivity contribution is -0.121. The minimum atomic E-state index is -0.160. The molecule has 1 heterocycles. The summed E-state index contributed by atoms with van der Waals surface area (Å²) in [6.45, 7) is 3.16. The van der Waals surface area contributed by atoms with Crippen LogP contribution in [0, 0.1) is 12.8 Å². The van der Waals surface area contributed by atoms with E-state index in [1.54, 1.807) is 4.90 Å². The van der Waals surface area contributed by atoms with E-state index < -0.39 is 0 Å². The van der Waals surface area contributed by atoms with E-state index in [0.29, 0.717) is 18.7 Å². The molecule has 1 aliphatic heterocycles. The molecule has 0 saturated carbocycles. The Morgan fingerprint density at radius 1 is 1.08 bits per heavy atom. The number of benzene rings is 2. The highest BCUT2D eigenvalue weighted by molar-refractivity contribution is 5.96. The molecule has 1 atom stereocenters. The zero-order valence-corrected chi connectivity index (χ0v) is 13.9. The maximum Gasteiger partial charge on any atom is 0.253 e. The molecule has 0 radical (unpaired) electrons. The molecule has 2 aromatic rings. The number of hydrogen-bond acceptors (Lipinski definition) is 2. The van der Waals surface area contributed by atoms with E-state index in [1.807, 2.05) is 61.5 Å². The number of nitrogens with one attached hydrogen (secondary N) is 1. The number of carbonyl (C=O) groups is 2. The van der Waals surface area contributed by atoms with E-state index in [0.717, 1.165) is 24.1 Å². The lowest BCUT2D eigenvalue weighted by atomic mass is 9.96. The van der Waals surface area contributed by atoms with Crippen molar-refractivity contribution < 1.29 is 9.59 Å². The van der Waals surface area contributed by atoms with E-state index in [-0.39, 0.29) is 17.7 Å². The van der Waals surface area contributed by atoms with Crippen LogP contribution in [-0.4, -0.2) is 29.8 Å². The molecule has 4 heteroatoms. The Hall–Kier alpha value is -2.62. The zero-order valence-electron chi connectivity index (χ0n) is 13.9. The van der Waals surface area contributed by atoms with Gasteiger partial charge >= 0.3 is 0 Å². The van der Waals surface area contributed by atoms with E-state index in [4.69, 9.17) is 0 Å². The van der Waals surface area contributed by atoms with Gasteiger partial charge in [0.25, 0.3) is 5.91 Å². The molecule has 1 saturated heterocycles. The first-order chi connectivity index (χ1) is 11.6. The molecule has 0 unspecified atom stereocenters. The summed E-state index contributed by atoms with van der Waals surface area (Å²) in [5.74, 6) is -0.161. The topological polar surface area (TPSA) is 49.4 Å². The monoisotopic (exact) mass is 322 g/mol. The minimum absolute atomic E-state index is 0.0101. The molecule has 4 nitrogen and oxygen atoms in total. The summed E-state index contributed by atoms with van der Waals surface area (Å²) < 4.78 is 0. The first-order valence-electron chi connectivity index (χ1n) is 8.35. The predicted molar refractivity (Wildman–Crippen MR) is 94.9 cm³/mol. The fourth-order valence-electron chi connectivity index (χ4n) is 3.10. The number of rotatable bonds is 3. The van der Waals surface area contributed by atoms with Crippen LogP contribution < -0.4 is 5.32 Å². The number of amides is 2. The second kappa shape index (κ2) is 7.30. The molecule has 0 aliphatic carbocycles. The molecule has 1 aliphatic rings. The lowest BCUT2D eigenvalue weighted by Gasteiger charge is -2.32. The average molecular weight is 322 g/mol. The molecule has 3 rings (SSSR count). The molecular formula is C20H22N2O2. The third kappa shape index (κ3) is 3.82. The van der Waals surface area contributed by atoms with Crippen LogP contribution in [0.3, 0.4) is 0 Å². The van der Waals surface area contributed by atoms with Gasteiger partial charge in [-0.3, -0.25) is 9.59 Å². The van der Waals surface area contributed by atoms with Crippen LogP contribution in [0.15, 0.2) is 54.6 Å². The van der Waals surface area contributed by atoms with Crippen molar-refractivity contribution in [1.29, 1.82) is 0 Å². The summed E-state index contributed by atoms with van der Waals surface area (Å²) in [6, 6.07) is 17.0. The summed E-state index contributed by atoms with van der Waals surface area (Å²) in [5.41, 5.74) is 2.56. The highest BCUT2D eigenvalue weighted by Crippen LogP contribution is 2.21. The smallest absolute Gasteiger partial charge is 0.253 e. The van der Waals surface area contributed by atoms with Crippen molar-refractivity contribution in [3.8, 4) is 0 Å². The van der Waals surface area contributed by atoms with E-state index in [1.165, 1.54) is 0 Å². The lowest BCUT2D eigenvalue weighted by Crippen LogP contribution is -2.43. The number of piperidine rings is 1. The van der Waals surface area contributed by atoms with Gasteiger partial charge in [0.05, 0.1) is 5.92 Å². The molecular weight excluding hydrogens is 300 g/mol. The van der Waals surface area contributed by atoms with Crippen molar-refractivity contribution >= 4 is 17.5 Å². The summed E-state index contributed by atoms with van der Waals surface area (Å²) in [6.07, 6.45) is 1.67. The van der Waals surface area contributed by atoms with Crippen LogP contribution in [-0.2, 0) is 4.79 Å². The molecule has 124 valence electrons. The van der Waals surface area contributed by atoms with Crippen molar-refractivity contribution in [3.05, 3.63) is 65.7 Å². The number of anilines is 1. The van der Waals surface area contributed by atoms with E-state index in [9.17, 15) is 9.59 Å². The van der Waals surface area contributed by atoms with E-state index >= 15 is 0 Å². The van der Waals surface area contributed by atoms with Crippen molar-refractivity contribution in [2.45, 2.75) is 19.8 Å². The SMILES string of the molecule is Cc1cccc(C(=O)N2CCC[C@H](C(=O)Nc3ccccc3)C2)c1. The number of para-hydroxylation sites is 1. The molecule has 24 heavy (non-hydrogen) atoms. The van der Waals surface area contributed by atoms with Crippen LogP contribution in [0.25, 0.3) is 0 Å². The van der Waals surface area contributed by atoms with Crippen LogP contribution in [0.2, 0.25) is 0 Å². The van der Waals surface area contributed by atoms with E-state index in [2.05, 4.69) is 5.32 Å². The summed E-state index contributed by atoms with van der Waals surface area (Å²) >= 11 is 0. The normalized spacial score (nSPS) is 17.4. The summed E-state index contributed by atoms with van der Waals surface area (Å²) in [4.78, 5) is 26.9. The van der Waals surface area contributed by atoms with Gasteiger partial charge in [-0.2, -0.15) is 0 Å². The number of nitrogens with zero attached hydrogens (tertiary/aromatic N) is 1. The first kappa shape index (κ1) is 16.2. The van der Waals surface area contributed by atoms with Gasteiger partial charge in [0, 0.05) is 24.3 Å². The van der Waals surface area contributed by atoms with Gasteiger partial charge in [0.15, 0.2) is 0 Å². The molecule has 0 spiro atoms. The van der Waals surface area contributed by atoms with Gasteiger partial charge < -0.3 is 10.2 Å². The van der Waals surface area contributed by atoms with Gasteiger partial charge in [0.1, 0.15) is 0 Å². The Morgan fingerprint density at radius 3 is 2.62 bits per heavy atom. The Morgan fingerprint density at radius 2 is 1.88 bits per heavy atom. The Balaban J connectivity index is 1.65. The largest absolute Gasteiger partial charge is 0.338 e. The van der Waals surface area contributed by atoms with Gasteiger partial charge in [-0.1, -0.05) is 35.9 Å². The molecule has 2 amide bonds. The molecule has 1 fully saturated rings. The maximum absolute atomic E-state index is 12.7. The van der Waals surface area contributed by atoms with Crippen molar-refractivity contribution in [2.75, 3.05) is 18.4 Å². The molecule has 2 aromatic carbocycles. The van der Waals surface area contributed by atoms with Gasteiger partial charge in [-0.15, -0.1) is 0 Å². The number of aryl methyl sites for hydroxylation is 1. The predicted octanol–water partition coefficient (Wildman–Crippen LogP) is 3.49. The highest BCUT2D eigenvalue weighted by Gasteiger charge is 2.29. The molecule has 0 bridgehead atoms. The standard InChI is InChI=1S/C20H22N2O2/c1-15-7-5-8-16(13-15)20(24)22-12-6-9-17(14-22)19(23)21-18-10-3-2-4-11-18/h2-5,7-8,10-11,13,17H,6,9,12,14H2,1H3,(H,21,23)/t17-/m0/s1. The fraction of sp³-hybridized carbons (Fsp3) is 0.300. The second-order valence-corrected chi connectivity index (χ2v) is 6.32. The van der Waals surface area contributed by atoms with Gasteiger partial charge in [0.2, 0.25) is 5.91 Å². The van der Waals surface area contributed by atoms with Gasteiger partial charge in [-0.25, -0.2) is 0 Å². The van der Waals surface area contributed by atoms with Crippen LogP contribution in [0.4, 0.5) is 5.69 Å². The average Bonchev–Trinajstić information content (AvgIpc) is 2.62. The van der Waals surface area contributed by atoms with Crippen LogP contribution in [0.1, 0.15) is 28.8 Å². The quantitative estimate of drug-likeness (QED) is 0.940. The molecule has 1 N–H and O–H groups in total. The Kier molecular flexibility index (Phi) is 4.94. The van der Waals surface area contributed by atoms with Crippen LogP contribution >= 0.6 is 0 Å². The minimum Gasteiger partial charge on any atom is -0.338 e. The summed E-state index contributed by atoms with van der Waals surface area (Å²) in [5, 5.41) is 2.94. The highest BCUT2D eigenvalue weighted by atomic mass is 16.2. The Bertz CT molecular complexity index is 727. The van der Waals surface area contributed by atoms with Crippen molar-refractivity contribution in [1.82, 2.24) is 4.90 Å². The molecule has 0 aromatic heterocycles. The van der Waals surface area contributed by atoms with Crippen LogP contribution in [0.5, 0.6) is 0 Å². The number of likely N-dealkylation sites (tertiary alicyclic amines) is 1. The maximum atomic E-state index is 12.7.